The summed E-state index contributed by atoms with van der Waals surface area (Å²) < 4.78 is 10.5. The lowest BCUT2D eigenvalue weighted by Crippen LogP contribution is -2.44. The van der Waals surface area contributed by atoms with Crippen molar-refractivity contribution in [1.29, 1.82) is 0 Å². The first-order valence-corrected chi connectivity index (χ1v) is 6.11. The molecule has 1 amide bonds. The first kappa shape index (κ1) is 11.9. The van der Waals surface area contributed by atoms with Crippen molar-refractivity contribution in [2.75, 3.05) is 26.3 Å². The van der Waals surface area contributed by atoms with E-state index in [1.165, 1.54) is 4.90 Å². The van der Waals surface area contributed by atoms with E-state index in [-0.39, 0.29) is 24.8 Å². The van der Waals surface area contributed by atoms with E-state index in [0.29, 0.717) is 24.5 Å². The molecule has 1 aromatic heterocycles. The second-order valence-electron chi connectivity index (χ2n) is 4.44. The Morgan fingerprint density at radius 1 is 1.32 bits per heavy atom. The molecule has 0 aliphatic carbocycles. The molecule has 0 bridgehead atoms. The number of para-hydroxylation sites is 1. The minimum atomic E-state index is -0.188. The number of ketones is 1. The van der Waals surface area contributed by atoms with Gasteiger partial charge in [0.15, 0.2) is 5.76 Å². The maximum Gasteiger partial charge on any atom is 0.249 e. The van der Waals surface area contributed by atoms with Crippen LogP contribution in [0.5, 0.6) is 0 Å². The molecule has 1 aliphatic heterocycles. The third-order valence-corrected chi connectivity index (χ3v) is 3.12. The molecule has 1 aromatic carbocycles. The van der Waals surface area contributed by atoms with Gasteiger partial charge in [-0.1, -0.05) is 18.2 Å². The van der Waals surface area contributed by atoms with Crippen molar-refractivity contribution in [3.8, 4) is 0 Å². The first-order valence-electron chi connectivity index (χ1n) is 6.11. The summed E-state index contributed by atoms with van der Waals surface area (Å²) in [6.45, 7) is 1.01. The van der Waals surface area contributed by atoms with E-state index in [2.05, 4.69) is 0 Å². The number of furan rings is 1. The Balaban J connectivity index is 1.77. The second-order valence-corrected chi connectivity index (χ2v) is 4.44. The molecule has 1 fully saturated rings. The summed E-state index contributed by atoms with van der Waals surface area (Å²) in [4.78, 5) is 25.1. The van der Waals surface area contributed by atoms with Crippen LogP contribution in [0.4, 0.5) is 0 Å². The molecule has 0 radical (unpaired) electrons. The van der Waals surface area contributed by atoms with Gasteiger partial charge in [0, 0.05) is 11.9 Å². The maximum atomic E-state index is 12.1. The van der Waals surface area contributed by atoms with E-state index in [4.69, 9.17) is 9.15 Å². The van der Waals surface area contributed by atoms with E-state index in [1.54, 1.807) is 6.07 Å². The molecule has 2 heterocycles. The molecule has 0 N–H and O–H groups in total. The van der Waals surface area contributed by atoms with E-state index >= 15 is 0 Å². The molecule has 1 saturated heterocycles. The zero-order valence-corrected chi connectivity index (χ0v) is 10.3. The molecule has 5 heteroatoms. The van der Waals surface area contributed by atoms with Crippen LogP contribution < -0.4 is 0 Å². The summed E-state index contributed by atoms with van der Waals surface area (Å²) in [5, 5.41) is 0.888. The van der Waals surface area contributed by atoms with Gasteiger partial charge in [-0.25, -0.2) is 0 Å². The number of ether oxygens (including phenoxy) is 1. The van der Waals surface area contributed by atoms with Crippen molar-refractivity contribution < 1.29 is 18.7 Å². The van der Waals surface area contributed by atoms with Gasteiger partial charge >= 0.3 is 0 Å². The third-order valence-electron chi connectivity index (χ3n) is 3.12. The average molecular weight is 259 g/mol. The highest BCUT2D eigenvalue weighted by Gasteiger charge is 2.23. The molecule has 0 spiro atoms. The minimum Gasteiger partial charge on any atom is -0.453 e. The molecule has 98 valence electrons. The van der Waals surface area contributed by atoms with Crippen LogP contribution in [0.25, 0.3) is 11.0 Å². The van der Waals surface area contributed by atoms with Gasteiger partial charge in [0.25, 0.3) is 0 Å². The molecule has 5 nitrogen and oxygen atoms in total. The van der Waals surface area contributed by atoms with E-state index < -0.39 is 0 Å². The Labute approximate surface area is 109 Å². The lowest BCUT2D eigenvalue weighted by atomic mass is 10.2. The minimum absolute atomic E-state index is 0.0437. The third kappa shape index (κ3) is 2.37. The summed E-state index contributed by atoms with van der Waals surface area (Å²) in [5.74, 6) is -0.0531. The van der Waals surface area contributed by atoms with E-state index in [9.17, 15) is 9.59 Å². The number of carbonyl (C=O) groups excluding carboxylic acids is 2. The Morgan fingerprint density at radius 2 is 2.16 bits per heavy atom. The summed E-state index contributed by atoms with van der Waals surface area (Å²) in [6, 6.07) is 9.15. The van der Waals surface area contributed by atoms with Gasteiger partial charge in [0.2, 0.25) is 11.7 Å². The van der Waals surface area contributed by atoms with Gasteiger partial charge in [-0.2, -0.15) is 0 Å². The van der Waals surface area contributed by atoms with Gasteiger partial charge in [0.05, 0.1) is 13.2 Å². The van der Waals surface area contributed by atoms with Crippen LogP contribution in [0.2, 0.25) is 0 Å². The fourth-order valence-electron chi connectivity index (χ4n) is 2.09. The average Bonchev–Trinajstić information content (AvgIpc) is 2.85. The molecular weight excluding hydrogens is 246 g/mol. The van der Waals surface area contributed by atoms with Gasteiger partial charge in [-0.05, 0) is 12.1 Å². The molecule has 0 atom stereocenters. The predicted octanol–water partition coefficient (Wildman–Crippen LogP) is 1.47. The van der Waals surface area contributed by atoms with Crippen LogP contribution >= 0.6 is 0 Å². The van der Waals surface area contributed by atoms with Crippen LogP contribution in [-0.2, 0) is 9.53 Å². The van der Waals surface area contributed by atoms with Crippen molar-refractivity contribution >= 4 is 22.7 Å². The zero-order valence-electron chi connectivity index (χ0n) is 10.3. The summed E-state index contributed by atoms with van der Waals surface area (Å²) in [7, 11) is 0. The fourth-order valence-corrected chi connectivity index (χ4v) is 2.09. The van der Waals surface area contributed by atoms with Crippen molar-refractivity contribution in [3.63, 3.8) is 0 Å². The summed E-state index contributed by atoms with van der Waals surface area (Å²) in [6.07, 6.45) is 0. The quantitative estimate of drug-likeness (QED) is 0.783. The monoisotopic (exact) mass is 259 g/mol. The Hall–Kier alpha value is -2.14. The van der Waals surface area contributed by atoms with Gasteiger partial charge in [0.1, 0.15) is 12.2 Å². The molecule has 0 unspecified atom stereocenters. The van der Waals surface area contributed by atoms with Crippen molar-refractivity contribution in [1.82, 2.24) is 4.90 Å². The topological polar surface area (TPSA) is 59.8 Å². The lowest BCUT2D eigenvalue weighted by molar-refractivity contribution is -0.141. The predicted molar refractivity (Wildman–Crippen MR) is 67.9 cm³/mol. The molecule has 2 aromatic rings. The van der Waals surface area contributed by atoms with Crippen LogP contribution in [0, 0.1) is 0 Å². The molecule has 3 rings (SSSR count). The van der Waals surface area contributed by atoms with Crippen LogP contribution in [0.3, 0.4) is 0 Å². The number of benzene rings is 1. The largest absolute Gasteiger partial charge is 0.453 e. The molecule has 19 heavy (non-hydrogen) atoms. The lowest BCUT2D eigenvalue weighted by Gasteiger charge is -2.25. The highest BCUT2D eigenvalue weighted by Crippen LogP contribution is 2.19. The normalized spacial score (nSPS) is 16.0. The van der Waals surface area contributed by atoms with Crippen molar-refractivity contribution in [2.24, 2.45) is 0 Å². The summed E-state index contributed by atoms with van der Waals surface area (Å²) >= 11 is 0. The first-order chi connectivity index (χ1) is 9.24. The smallest absolute Gasteiger partial charge is 0.249 e. The highest BCUT2D eigenvalue weighted by molar-refractivity contribution is 6.00. The fraction of sp³-hybridized carbons (Fsp3) is 0.286. The number of morpholine rings is 1. The second kappa shape index (κ2) is 4.85. The summed E-state index contributed by atoms with van der Waals surface area (Å²) in [5.41, 5.74) is 0.680. The number of nitrogens with zero attached hydrogens (tertiary/aromatic N) is 1. The molecule has 0 saturated carbocycles. The van der Waals surface area contributed by atoms with Crippen molar-refractivity contribution in [2.45, 2.75) is 0 Å². The number of rotatable bonds is 3. The highest BCUT2D eigenvalue weighted by atomic mass is 16.5. The molecular formula is C14H13NO4. The van der Waals surface area contributed by atoms with Gasteiger partial charge < -0.3 is 14.1 Å². The number of amides is 1. The Kier molecular flexibility index (Phi) is 3.05. The van der Waals surface area contributed by atoms with Gasteiger partial charge in [-0.3, -0.25) is 9.59 Å². The zero-order chi connectivity index (χ0) is 13.2. The van der Waals surface area contributed by atoms with Crippen LogP contribution in [0.1, 0.15) is 10.6 Å². The van der Waals surface area contributed by atoms with Gasteiger partial charge in [-0.15, -0.1) is 0 Å². The SMILES string of the molecule is O=C(CN1CCOCC1=O)c1cc2ccccc2o1. The van der Waals surface area contributed by atoms with Crippen LogP contribution in [-0.4, -0.2) is 42.9 Å². The Bertz CT molecular complexity index is 598. The van der Waals surface area contributed by atoms with E-state index in [1.807, 2.05) is 24.3 Å². The van der Waals surface area contributed by atoms with E-state index in [0.717, 1.165) is 5.39 Å². The number of Topliss-reactive ketones (excluding diaryl/α,β-unsaturated/α-hetero) is 1. The number of hydrogen-bond acceptors (Lipinski definition) is 4. The Morgan fingerprint density at radius 3 is 2.95 bits per heavy atom. The maximum absolute atomic E-state index is 12.1. The standard InChI is InChI=1S/C14H13NO4/c16-11(8-15-5-6-18-9-14(15)17)13-7-10-3-1-2-4-12(10)19-13/h1-4,7H,5-6,8-9H2. The van der Waals surface area contributed by atoms with Crippen LogP contribution in [0.15, 0.2) is 34.7 Å². The number of hydrogen-bond donors (Lipinski definition) is 0. The molecule has 1 aliphatic rings. The number of carbonyl (C=O) groups is 2. The number of fused-ring (bicyclic) bond motifs is 1. The van der Waals surface area contributed by atoms with Crippen molar-refractivity contribution in [3.05, 3.63) is 36.1 Å².